The van der Waals surface area contributed by atoms with Gasteiger partial charge < -0.3 is 16.2 Å². The normalized spacial score (nSPS) is 12.6. The molecule has 3 aromatic rings. The van der Waals surface area contributed by atoms with Crippen LogP contribution >= 0.6 is 15.9 Å². The van der Waals surface area contributed by atoms with Gasteiger partial charge in [0.1, 0.15) is 11.6 Å². The lowest BCUT2D eigenvalue weighted by Crippen LogP contribution is -2.14. The monoisotopic (exact) mass is 560 g/mol. The molecule has 0 saturated carbocycles. The molecular weight excluding hydrogens is 539 g/mol. The molecule has 7 N–H and O–H groups in total. The van der Waals surface area contributed by atoms with Gasteiger partial charge in [0.15, 0.2) is 5.83 Å². The molecule has 3 aromatic carbocycles. The van der Waals surface area contributed by atoms with Crippen LogP contribution in [0, 0.1) is 5.41 Å². The first-order chi connectivity index (χ1) is 16.7. The van der Waals surface area contributed by atoms with Gasteiger partial charge in [0.05, 0.1) is 10.6 Å². The molecule has 0 spiro atoms. The number of hydrogen-bond donors (Lipinski definition) is 5. The fraction of sp³-hybridized carbons (Fsp3) is 0.0833. The second kappa shape index (κ2) is 11.4. The van der Waals surface area contributed by atoms with E-state index in [2.05, 4.69) is 25.5 Å². The summed E-state index contributed by atoms with van der Waals surface area (Å²) in [5.41, 5.74) is 7.38. The van der Waals surface area contributed by atoms with Gasteiger partial charge in [-0.1, -0.05) is 31.2 Å². The number of amides is 1. The molecule has 35 heavy (non-hydrogen) atoms. The van der Waals surface area contributed by atoms with Crippen LogP contribution in [0.5, 0.6) is 5.75 Å². The second-order valence-corrected chi connectivity index (χ2v) is 9.22. The quantitative estimate of drug-likeness (QED) is 0.116. The molecule has 3 rings (SSSR count). The Balaban J connectivity index is 1.93. The van der Waals surface area contributed by atoms with Gasteiger partial charge in [-0.25, -0.2) is 8.60 Å². The van der Waals surface area contributed by atoms with E-state index >= 15 is 4.39 Å². The molecule has 0 aliphatic rings. The van der Waals surface area contributed by atoms with Crippen molar-refractivity contribution in [1.29, 1.82) is 5.41 Å². The van der Waals surface area contributed by atoms with Crippen LogP contribution < -0.4 is 16.9 Å². The fourth-order valence-electron chi connectivity index (χ4n) is 3.41. The number of carbonyl (C=O) groups excluding carboxylic acids is 1. The summed E-state index contributed by atoms with van der Waals surface area (Å²) in [7, 11) is 0. The maximum atomic E-state index is 15.2. The van der Waals surface area contributed by atoms with Crippen molar-refractivity contribution in [3.8, 4) is 16.9 Å². The number of phenolic OH excluding ortho intramolecular Hbond substituents is 1. The first kappa shape index (κ1) is 26.2. The van der Waals surface area contributed by atoms with Crippen LogP contribution in [0.15, 0.2) is 75.9 Å². The standard InChI is InChI=1S/C24H22BrFN4O4S/c1-2-15(17-11-14(23(27)28)8-10-20(17)31)22(26)24(32)30-19-9-7-13(12-18(19)25)16-5-3-4-6-21(16)35(33)34-29/h3-12,31H,2,29H2,1H3,(H3,27,28)(H,30,32)/b22-15+. The Morgan fingerprint density at radius 1 is 1.20 bits per heavy atom. The molecule has 0 aliphatic carbocycles. The number of nitrogens with one attached hydrogen (secondary N) is 2. The van der Waals surface area contributed by atoms with Crippen LogP contribution in [-0.4, -0.2) is 21.1 Å². The van der Waals surface area contributed by atoms with E-state index in [4.69, 9.17) is 17.0 Å². The molecule has 11 heteroatoms. The number of rotatable bonds is 8. The average molecular weight is 561 g/mol. The number of nitrogens with two attached hydrogens (primary N) is 2. The summed E-state index contributed by atoms with van der Waals surface area (Å²) in [6, 6.07) is 15.8. The highest BCUT2D eigenvalue weighted by molar-refractivity contribution is 9.10. The maximum Gasteiger partial charge on any atom is 0.284 e. The summed E-state index contributed by atoms with van der Waals surface area (Å²) in [4.78, 5) is 13.1. The van der Waals surface area contributed by atoms with Gasteiger partial charge >= 0.3 is 0 Å². The predicted molar refractivity (Wildman–Crippen MR) is 137 cm³/mol. The number of nitrogen functional groups attached to an aromatic ring is 1. The number of anilines is 1. The number of amidine groups is 1. The summed E-state index contributed by atoms with van der Waals surface area (Å²) < 4.78 is 32.2. The molecule has 0 aromatic heterocycles. The van der Waals surface area contributed by atoms with E-state index in [1.54, 1.807) is 49.4 Å². The number of benzene rings is 3. The Morgan fingerprint density at radius 2 is 1.91 bits per heavy atom. The Kier molecular flexibility index (Phi) is 8.52. The van der Waals surface area contributed by atoms with E-state index in [1.807, 2.05) is 0 Å². The van der Waals surface area contributed by atoms with E-state index in [-0.39, 0.29) is 34.7 Å². The molecule has 182 valence electrons. The highest BCUT2D eigenvalue weighted by atomic mass is 79.9. The lowest BCUT2D eigenvalue weighted by molar-refractivity contribution is -0.114. The average Bonchev–Trinajstić information content (AvgIpc) is 2.85. The Morgan fingerprint density at radius 3 is 2.54 bits per heavy atom. The Bertz CT molecular complexity index is 1360. The van der Waals surface area contributed by atoms with Crippen molar-refractivity contribution < 1.29 is 22.8 Å². The summed E-state index contributed by atoms with van der Waals surface area (Å²) in [6.07, 6.45) is 0.103. The molecule has 1 amide bonds. The molecule has 0 saturated heterocycles. The second-order valence-electron chi connectivity index (χ2n) is 7.27. The number of halogens is 2. The molecule has 0 aliphatic heterocycles. The van der Waals surface area contributed by atoms with Gasteiger partial charge in [0.2, 0.25) is 11.1 Å². The number of carbonyl (C=O) groups is 1. The third kappa shape index (κ3) is 5.82. The van der Waals surface area contributed by atoms with Gasteiger partial charge in [-0.15, -0.1) is 0 Å². The molecule has 0 bridgehead atoms. The lowest BCUT2D eigenvalue weighted by atomic mass is 9.98. The van der Waals surface area contributed by atoms with E-state index in [0.29, 0.717) is 26.2 Å². The maximum absolute atomic E-state index is 15.2. The topological polar surface area (TPSA) is 152 Å². The minimum absolute atomic E-state index is 0.0333. The first-order valence-corrected chi connectivity index (χ1v) is 12.1. The van der Waals surface area contributed by atoms with Gasteiger partial charge in [0, 0.05) is 26.7 Å². The van der Waals surface area contributed by atoms with Crippen molar-refractivity contribution in [2.24, 2.45) is 11.6 Å². The number of phenols is 1. The zero-order chi connectivity index (χ0) is 25.7. The SMILES string of the molecule is CC/C(=C(\F)C(=O)Nc1ccc(-c2ccccc2S(=O)ON)cc1Br)c1cc(C(=N)N)ccc1O. The van der Waals surface area contributed by atoms with E-state index < -0.39 is 22.8 Å². The zero-order valence-corrected chi connectivity index (χ0v) is 20.9. The summed E-state index contributed by atoms with van der Waals surface area (Å²) in [5, 5.41) is 20.3. The Hall–Kier alpha value is -3.38. The van der Waals surface area contributed by atoms with E-state index in [0.717, 1.165) is 0 Å². The zero-order valence-electron chi connectivity index (χ0n) is 18.5. The minimum atomic E-state index is -1.87. The summed E-state index contributed by atoms with van der Waals surface area (Å²) in [6.45, 7) is 1.64. The van der Waals surface area contributed by atoms with Crippen LogP contribution in [-0.2, 0) is 20.2 Å². The summed E-state index contributed by atoms with van der Waals surface area (Å²) in [5.74, 6) is 2.48. The van der Waals surface area contributed by atoms with Crippen LogP contribution in [0.2, 0.25) is 0 Å². The fourth-order valence-corrected chi connectivity index (χ4v) is 4.55. The van der Waals surface area contributed by atoms with Crippen LogP contribution in [0.3, 0.4) is 0 Å². The molecule has 8 nitrogen and oxygen atoms in total. The van der Waals surface area contributed by atoms with Gasteiger partial charge in [0.25, 0.3) is 5.91 Å². The van der Waals surface area contributed by atoms with Crippen molar-refractivity contribution in [1.82, 2.24) is 0 Å². The molecule has 0 fully saturated rings. The van der Waals surface area contributed by atoms with Crippen molar-refractivity contribution in [3.63, 3.8) is 0 Å². The van der Waals surface area contributed by atoms with Crippen molar-refractivity contribution in [3.05, 3.63) is 82.1 Å². The smallest absolute Gasteiger partial charge is 0.284 e. The predicted octanol–water partition coefficient (Wildman–Crippen LogP) is 4.75. The van der Waals surface area contributed by atoms with Gasteiger partial charge in [-0.3, -0.25) is 10.2 Å². The number of aromatic hydroxyl groups is 1. The molecule has 0 radical (unpaired) electrons. The van der Waals surface area contributed by atoms with Crippen molar-refractivity contribution in [2.45, 2.75) is 18.2 Å². The highest BCUT2D eigenvalue weighted by Gasteiger charge is 2.20. The summed E-state index contributed by atoms with van der Waals surface area (Å²) >= 11 is 1.51. The van der Waals surface area contributed by atoms with Gasteiger partial charge in [-0.2, -0.15) is 10.2 Å². The minimum Gasteiger partial charge on any atom is -0.507 e. The molecule has 1 atom stereocenters. The third-order valence-electron chi connectivity index (χ3n) is 5.13. The molecular formula is C24H22BrFN4O4S. The van der Waals surface area contributed by atoms with Crippen LogP contribution in [0.25, 0.3) is 16.7 Å². The van der Waals surface area contributed by atoms with E-state index in [1.165, 1.54) is 18.2 Å². The van der Waals surface area contributed by atoms with E-state index in [9.17, 15) is 14.1 Å². The van der Waals surface area contributed by atoms with Crippen molar-refractivity contribution >= 4 is 50.0 Å². The molecule has 1 unspecified atom stereocenters. The lowest BCUT2D eigenvalue weighted by Gasteiger charge is -2.13. The van der Waals surface area contributed by atoms with Crippen molar-refractivity contribution in [2.75, 3.05) is 5.32 Å². The van der Waals surface area contributed by atoms with Crippen LogP contribution in [0.4, 0.5) is 10.1 Å². The number of hydrogen-bond acceptors (Lipinski definition) is 6. The van der Waals surface area contributed by atoms with Gasteiger partial charge in [-0.05, 0) is 64.3 Å². The largest absolute Gasteiger partial charge is 0.507 e. The highest BCUT2D eigenvalue weighted by Crippen LogP contribution is 2.34. The first-order valence-electron chi connectivity index (χ1n) is 10.2. The number of allylic oxidation sites excluding steroid dienone is 1. The van der Waals surface area contributed by atoms with Crippen LogP contribution in [0.1, 0.15) is 24.5 Å². The Labute approximate surface area is 212 Å². The third-order valence-corrected chi connectivity index (χ3v) is 6.68. The molecule has 0 heterocycles.